The molecule has 0 aliphatic carbocycles. The number of carbonyl (C=O) groups excluding carboxylic acids is 1. The molecule has 142 valence electrons. The van der Waals surface area contributed by atoms with E-state index in [9.17, 15) is 15.2 Å². The first kappa shape index (κ1) is 19.4. The van der Waals surface area contributed by atoms with Gasteiger partial charge in [-0.25, -0.2) is 15.0 Å². The molecule has 0 atom stereocenters. The van der Waals surface area contributed by atoms with Crippen LogP contribution < -0.4 is 0 Å². The number of aromatic nitrogens is 4. The molecule has 3 aromatic rings. The summed E-state index contributed by atoms with van der Waals surface area (Å²) in [5.41, 5.74) is 2.95. The zero-order valence-corrected chi connectivity index (χ0v) is 16.1. The number of aryl methyl sites for hydroxylation is 2. The molecule has 2 aromatic heterocycles. The van der Waals surface area contributed by atoms with Gasteiger partial charge >= 0.3 is 5.97 Å². The van der Waals surface area contributed by atoms with Crippen molar-refractivity contribution in [3.8, 4) is 6.07 Å². The number of esters is 1. The van der Waals surface area contributed by atoms with Crippen molar-refractivity contribution in [3.05, 3.63) is 53.3 Å². The van der Waals surface area contributed by atoms with Gasteiger partial charge in [0, 0.05) is 11.4 Å². The predicted molar refractivity (Wildman–Crippen MR) is 104 cm³/mol. The third-order valence-electron chi connectivity index (χ3n) is 3.68. The number of benzene rings is 1. The third-order valence-corrected chi connectivity index (χ3v) is 4.50. The van der Waals surface area contributed by atoms with Crippen LogP contribution in [0.4, 0.5) is 0 Å². The molecule has 0 saturated carbocycles. The number of H-pyrrole nitrogens is 1. The van der Waals surface area contributed by atoms with Gasteiger partial charge in [0.1, 0.15) is 18.2 Å². The van der Waals surface area contributed by atoms with Crippen molar-refractivity contribution in [2.45, 2.75) is 19.0 Å². The Balaban J connectivity index is 1.63. The fraction of sp³-hybridized carbons (Fsp3) is 0.211. The predicted octanol–water partition coefficient (Wildman–Crippen LogP) is 3.10. The number of nitrogens with zero attached hydrogens (tertiary/aromatic N) is 4. The van der Waals surface area contributed by atoms with Gasteiger partial charge in [-0.05, 0) is 32.0 Å². The molecule has 2 N–H and O–H groups in total. The summed E-state index contributed by atoms with van der Waals surface area (Å²) < 4.78 is 5.05. The zero-order chi connectivity index (χ0) is 20.1. The van der Waals surface area contributed by atoms with Crippen LogP contribution in [0.2, 0.25) is 0 Å². The van der Waals surface area contributed by atoms with E-state index in [2.05, 4.69) is 19.9 Å². The van der Waals surface area contributed by atoms with Gasteiger partial charge < -0.3 is 14.8 Å². The van der Waals surface area contributed by atoms with Gasteiger partial charge in [-0.15, -0.1) is 0 Å². The van der Waals surface area contributed by atoms with Crippen LogP contribution in [0.3, 0.4) is 0 Å². The highest BCUT2D eigenvalue weighted by Crippen LogP contribution is 2.19. The maximum Gasteiger partial charge on any atom is 0.316 e. The lowest BCUT2D eigenvalue weighted by atomic mass is 10.2. The van der Waals surface area contributed by atoms with Crippen LogP contribution in [0.15, 0.2) is 41.2 Å². The molecule has 28 heavy (non-hydrogen) atoms. The van der Waals surface area contributed by atoms with Crippen LogP contribution in [0.5, 0.6) is 0 Å². The third kappa shape index (κ3) is 4.66. The summed E-state index contributed by atoms with van der Waals surface area (Å²) in [5, 5.41) is 20.0. The molecule has 0 bridgehead atoms. The molecule has 8 nitrogen and oxygen atoms in total. The van der Waals surface area contributed by atoms with Gasteiger partial charge in [0.15, 0.2) is 16.7 Å². The van der Waals surface area contributed by atoms with Crippen molar-refractivity contribution in [2.75, 3.05) is 12.4 Å². The largest absolute Gasteiger partial charge is 0.507 e. The fourth-order valence-corrected chi connectivity index (χ4v) is 3.22. The number of hydrogen-bond donors (Lipinski definition) is 2. The van der Waals surface area contributed by atoms with Gasteiger partial charge in [-0.2, -0.15) is 5.26 Å². The number of nitriles is 1. The molecule has 0 unspecified atom stereocenters. The average molecular weight is 395 g/mol. The molecule has 0 aliphatic rings. The lowest BCUT2D eigenvalue weighted by Crippen LogP contribution is -2.11. The van der Waals surface area contributed by atoms with Crippen molar-refractivity contribution in [1.29, 1.82) is 5.26 Å². The first-order chi connectivity index (χ1) is 13.5. The zero-order valence-electron chi connectivity index (χ0n) is 15.3. The highest BCUT2D eigenvalue weighted by Gasteiger charge is 2.15. The quantitative estimate of drug-likeness (QED) is 0.214. The van der Waals surface area contributed by atoms with Gasteiger partial charge in [0.2, 0.25) is 0 Å². The maximum atomic E-state index is 11.9. The number of fused-ring (bicyclic) bond motifs is 1. The second-order valence-electron chi connectivity index (χ2n) is 5.92. The van der Waals surface area contributed by atoms with E-state index in [1.54, 1.807) is 6.07 Å². The van der Waals surface area contributed by atoms with Crippen molar-refractivity contribution in [2.24, 2.45) is 0 Å². The van der Waals surface area contributed by atoms with Crippen LogP contribution in [-0.4, -0.2) is 43.4 Å². The Morgan fingerprint density at radius 1 is 1.25 bits per heavy atom. The van der Waals surface area contributed by atoms with Crippen molar-refractivity contribution >= 4 is 34.3 Å². The van der Waals surface area contributed by atoms with E-state index in [0.29, 0.717) is 10.7 Å². The Hall–Kier alpha value is -3.38. The van der Waals surface area contributed by atoms with Crippen LogP contribution in [-0.2, 0) is 9.53 Å². The highest BCUT2D eigenvalue weighted by atomic mass is 32.2. The van der Waals surface area contributed by atoms with Gasteiger partial charge in [0.05, 0.1) is 16.8 Å². The highest BCUT2D eigenvalue weighted by molar-refractivity contribution is 7.99. The SMILES string of the molecule is Cc1cc(C)nc(SCC(=O)OCC(O)=C(C#N)c2nc3ccccc3[nH]2)n1. The molecular formula is C19H17N5O3S. The van der Waals surface area contributed by atoms with E-state index >= 15 is 0 Å². The standard InChI is InChI=1S/C19H17N5O3S/c1-11-7-12(2)22-19(21-11)28-10-17(26)27-9-16(25)13(8-20)18-23-14-5-3-4-6-15(14)24-18/h3-7,25H,9-10H2,1-2H3,(H,23,24). The fourth-order valence-electron chi connectivity index (χ4n) is 2.47. The summed E-state index contributed by atoms with van der Waals surface area (Å²) in [6.07, 6.45) is 0. The van der Waals surface area contributed by atoms with Gasteiger partial charge in [-0.1, -0.05) is 23.9 Å². The van der Waals surface area contributed by atoms with Crippen LogP contribution in [0.1, 0.15) is 17.2 Å². The van der Waals surface area contributed by atoms with Gasteiger partial charge in [0.25, 0.3) is 0 Å². The summed E-state index contributed by atoms with van der Waals surface area (Å²) in [6.45, 7) is 3.27. The Morgan fingerprint density at radius 2 is 1.96 bits per heavy atom. The Labute approximate surface area is 165 Å². The summed E-state index contributed by atoms with van der Waals surface area (Å²) >= 11 is 1.14. The molecule has 0 fully saturated rings. The normalized spacial score (nSPS) is 11.8. The number of para-hydroxylation sites is 2. The number of ether oxygens (including phenoxy) is 1. The smallest absolute Gasteiger partial charge is 0.316 e. The molecule has 0 aliphatic heterocycles. The van der Waals surface area contributed by atoms with E-state index in [0.717, 1.165) is 28.7 Å². The number of nitrogens with one attached hydrogen (secondary N) is 1. The molecule has 2 heterocycles. The van der Waals surface area contributed by atoms with Crippen LogP contribution in [0, 0.1) is 25.2 Å². The number of carbonyl (C=O) groups is 1. The maximum absolute atomic E-state index is 11.9. The number of rotatable bonds is 6. The van der Waals surface area contributed by atoms with Crippen LogP contribution >= 0.6 is 11.8 Å². The lowest BCUT2D eigenvalue weighted by molar-refractivity contribution is -0.140. The van der Waals surface area contributed by atoms with Crippen LogP contribution in [0.25, 0.3) is 16.6 Å². The minimum absolute atomic E-state index is 0.0112. The number of thioether (sulfide) groups is 1. The summed E-state index contributed by atoms with van der Waals surface area (Å²) in [4.78, 5) is 27.6. The molecule has 1 aromatic carbocycles. The molecule has 9 heteroatoms. The number of hydrogen-bond acceptors (Lipinski definition) is 8. The number of aromatic amines is 1. The monoisotopic (exact) mass is 395 g/mol. The first-order valence-electron chi connectivity index (χ1n) is 8.34. The second-order valence-corrected chi connectivity index (χ2v) is 6.86. The van der Waals surface area contributed by atoms with Gasteiger partial charge in [-0.3, -0.25) is 4.79 Å². The number of allylic oxidation sites excluding steroid dienone is 1. The molecule has 0 radical (unpaired) electrons. The lowest BCUT2D eigenvalue weighted by Gasteiger charge is -2.06. The number of aliphatic hydroxyl groups is 1. The van der Waals surface area contributed by atoms with Crippen molar-refractivity contribution < 1.29 is 14.6 Å². The van der Waals surface area contributed by atoms with E-state index in [-0.39, 0.29) is 22.9 Å². The Bertz CT molecular complexity index is 1050. The molecule has 0 spiro atoms. The van der Waals surface area contributed by atoms with Crippen molar-refractivity contribution in [3.63, 3.8) is 0 Å². The Kier molecular flexibility index (Phi) is 5.91. The van der Waals surface area contributed by atoms with E-state index in [1.807, 2.05) is 44.2 Å². The minimum Gasteiger partial charge on any atom is -0.507 e. The topological polar surface area (TPSA) is 125 Å². The van der Waals surface area contributed by atoms with E-state index in [1.165, 1.54) is 0 Å². The van der Waals surface area contributed by atoms with E-state index < -0.39 is 12.6 Å². The number of aliphatic hydroxyl groups excluding tert-OH is 1. The first-order valence-corrected chi connectivity index (χ1v) is 9.33. The minimum atomic E-state index is -0.554. The summed E-state index contributed by atoms with van der Waals surface area (Å²) in [6, 6.07) is 11.0. The Morgan fingerprint density at radius 3 is 2.64 bits per heavy atom. The van der Waals surface area contributed by atoms with E-state index in [4.69, 9.17) is 4.74 Å². The second kappa shape index (κ2) is 8.54. The number of imidazole rings is 1. The summed E-state index contributed by atoms with van der Waals surface area (Å²) in [5.74, 6) is -0.720. The molecule has 3 rings (SSSR count). The summed E-state index contributed by atoms with van der Waals surface area (Å²) in [7, 11) is 0. The van der Waals surface area contributed by atoms with Crippen molar-refractivity contribution in [1.82, 2.24) is 19.9 Å². The molecular weight excluding hydrogens is 378 g/mol. The molecule has 0 saturated heterocycles. The molecule has 0 amide bonds. The average Bonchev–Trinajstić information content (AvgIpc) is 3.08.